The number of benzene rings is 2. The van der Waals surface area contributed by atoms with E-state index in [1.54, 1.807) is 36.4 Å². The molecule has 0 saturated heterocycles. The Morgan fingerprint density at radius 3 is 2.05 bits per heavy atom. The minimum absolute atomic E-state index is 0.0509. The molecule has 2 heterocycles. The molecule has 1 aromatic heterocycles. The van der Waals surface area contributed by atoms with E-state index in [0.717, 1.165) is 10.5 Å². The molecule has 0 spiro atoms. The van der Waals surface area contributed by atoms with Crippen LogP contribution < -0.4 is 4.90 Å². The van der Waals surface area contributed by atoms with Crippen molar-refractivity contribution in [2.45, 2.75) is 0 Å². The van der Waals surface area contributed by atoms with E-state index in [1.807, 2.05) is 18.2 Å². The van der Waals surface area contributed by atoms with Gasteiger partial charge in [0.15, 0.2) is 0 Å². The van der Waals surface area contributed by atoms with Gasteiger partial charge >= 0.3 is 0 Å². The molecule has 4 rings (SSSR count). The maximum Gasteiger partial charge on any atom is 0.280 e. The molecule has 6 heteroatoms. The molecular formula is C16H9N3O3. The summed E-state index contributed by atoms with van der Waals surface area (Å²) < 4.78 is 5.15. The first-order chi connectivity index (χ1) is 10.8. The van der Waals surface area contributed by atoms with E-state index >= 15 is 0 Å². The fraction of sp³-hybridized carbons (Fsp3) is 0. The zero-order chi connectivity index (χ0) is 15.1. The Hall–Kier alpha value is -3.28. The summed E-state index contributed by atoms with van der Waals surface area (Å²) in [7, 11) is 0. The Labute approximate surface area is 125 Å². The van der Waals surface area contributed by atoms with Gasteiger partial charge in [-0.3, -0.25) is 9.59 Å². The lowest BCUT2D eigenvalue weighted by Gasteiger charge is -2.06. The summed E-state index contributed by atoms with van der Waals surface area (Å²) in [5, 5.41) is 3.76. The predicted molar refractivity (Wildman–Crippen MR) is 77.3 cm³/mol. The number of rotatable bonds is 2. The van der Waals surface area contributed by atoms with Gasteiger partial charge in [-0.05, 0) is 29.4 Å². The highest BCUT2D eigenvalue weighted by molar-refractivity contribution is 6.33. The predicted octanol–water partition coefficient (Wildman–Crippen LogP) is 2.54. The van der Waals surface area contributed by atoms with Crippen LogP contribution in [0.2, 0.25) is 0 Å². The number of anilines is 1. The molecular weight excluding hydrogens is 282 g/mol. The van der Waals surface area contributed by atoms with Crippen molar-refractivity contribution >= 4 is 17.8 Å². The van der Waals surface area contributed by atoms with Gasteiger partial charge in [-0.25, -0.2) is 4.90 Å². The van der Waals surface area contributed by atoms with Gasteiger partial charge in [0.25, 0.3) is 23.7 Å². The molecule has 106 valence electrons. The average Bonchev–Trinajstić information content (AvgIpc) is 3.13. The number of carbonyl (C=O) groups is 2. The Morgan fingerprint density at radius 1 is 0.818 bits per heavy atom. The van der Waals surface area contributed by atoms with Gasteiger partial charge in [0.2, 0.25) is 0 Å². The topological polar surface area (TPSA) is 76.3 Å². The van der Waals surface area contributed by atoms with Crippen molar-refractivity contribution in [3.63, 3.8) is 0 Å². The van der Waals surface area contributed by atoms with Gasteiger partial charge < -0.3 is 4.52 Å². The quantitative estimate of drug-likeness (QED) is 0.678. The lowest BCUT2D eigenvalue weighted by molar-refractivity contribution is 0.0923. The van der Waals surface area contributed by atoms with Crippen LogP contribution >= 0.6 is 0 Å². The molecule has 0 saturated carbocycles. The summed E-state index contributed by atoms with van der Waals surface area (Å²) in [5.74, 6) is -0.681. The fourth-order valence-electron chi connectivity index (χ4n) is 2.38. The van der Waals surface area contributed by atoms with Crippen LogP contribution in [0.3, 0.4) is 0 Å². The van der Waals surface area contributed by atoms with Crippen molar-refractivity contribution in [1.82, 2.24) is 10.1 Å². The van der Waals surface area contributed by atoms with Crippen LogP contribution in [0, 0.1) is 0 Å². The van der Waals surface area contributed by atoms with E-state index in [4.69, 9.17) is 4.52 Å². The molecule has 0 N–H and O–H groups in total. The van der Waals surface area contributed by atoms with Crippen molar-refractivity contribution in [3.05, 3.63) is 65.7 Å². The first kappa shape index (κ1) is 12.5. The van der Waals surface area contributed by atoms with Gasteiger partial charge in [-0.1, -0.05) is 30.3 Å². The first-order valence-electron chi connectivity index (χ1n) is 6.62. The Morgan fingerprint density at radius 2 is 1.41 bits per heavy atom. The van der Waals surface area contributed by atoms with Gasteiger partial charge in [-0.2, -0.15) is 4.98 Å². The smallest absolute Gasteiger partial charge is 0.280 e. The maximum absolute atomic E-state index is 12.3. The Bertz CT molecular complexity index is 851. The molecule has 0 atom stereocenters. The number of amides is 2. The van der Waals surface area contributed by atoms with E-state index in [-0.39, 0.29) is 11.8 Å². The van der Waals surface area contributed by atoms with Gasteiger partial charge in [0, 0.05) is 5.56 Å². The molecule has 0 aliphatic carbocycles. The number of carbonyl (C=O) groups excluding carboxylic acids is 2. The second-order valence-corrected chi connectivity index (χ2v) is 4.76. The molecule has 22 heavy (non-hydrogen) atoms. The second-order valence-electron chi connectivity index (χ2n) is 4.76. The standard InChI is InChI=1S/C16H9N3O3/c20-14-11-8-4-5-9-12(11)15(21)19(14)16-17-13(22-18-16)10-6-2-1-3-7-10/h1-9H. The molecule has 0 unspecified atom stereocenters. The Kier molecular flexibility index (Phi) is 2.62. The summed E-state index contributed by atoms with van der Waals surface area (Å²) in [4.78, 5) is 29.8. The molecule has 1 aliphatic rings. The molecule has 0 bridgehead atoms. The zero-order valence-corrected chi connectivity index (χ0v) is 11.3. The number of nitrogens with zero attached hydrogens (tertiary/aromatic N) is 3. The van der Waals surface area contributed by atoms with Crippen LogP contribution in [-0.4, -0.2) is 22.0 Å². The molecule has 2 aromatic carbocycles. The van der Waals surface area contributed by atoms with Crippen molar-refractivity contribution in [2.24, 2.45) is 0 Å². The summed E-state index contributed by atoms with van der Waals surface area (Å²) in [6.07, 6.45) is 0. The first-order valence-corrected chi connectivity index (χ1v) is 6.62. The molecule has 0 radical (unpaired) electrons. The monoisotopic (exact) mass is 291 g/mol. The van der Waals surface area contributed by atoms with E-state index in [0.29, 0.717) is 11.1 Å². The number of aromatic nitrogens is 2. The summed E-state index contributed by atoms with van der Waals surface area (Å²) in [5.41, 5.74) is 1.41. The minimum Gasteiger partial charge on any atom is -0.332 e. The van der Waals surface area contributed by atoms with Crippen molar-refractivity contribution in [3.8, 4) is 11.5 Å². The third-order valence-electron chi connectivity index (χ3n) is 3.43. The van der Waals surface area contributed by atoms with Gasteiger partial charge in [0.05, 0.1) is 11.1 Å². The summed E-state index contributed by atoms with van der Waals surface area (Å²) in [6, 6.07) is 15.8. The fourth-order valence-corrected chi connectivity index (χ4v) is 2.38. The average molecular weight is 291 g/mol. The van der Waals surface area contributed by atoms with Crippen molar-refractivity contribution < 1.29 is 14.1 Å². The summed E-state index contributed by atoms with van der Waals surface area (Å²) in [6.45, 7) is 0. The summed E-state index contributed by atoms with van der Waals surface area (Å²) >= 11 is 0. The van der Waals surface area contributed by atoms with Crippen LogP contribution in [0.15, 0.2) is 59.1 Å². The van der Waals surface area contributed by atoms with Crippen molar-refractivity contribution in [2.75, 3.05) is 4.90 Å². The minimum atomic E-state index is -0.444. The lowest BCUT2D eigenvalue weighted by Crippen LogP contribution is -2.30. The number of fused-ring (bicyclic) bond motifs is 1. The van der Waals surface area contributed by atoms with Crippen molar-refractivity contribution in [1.29, 1.82) is 0 Å². The van der Waals surface area contributed by atoms with E-state index in [1.165, 1.54) is 0 Å². The largest absolute Gasteiger partial charge is 0.332 e. The number of imide groups is 1. The van der Waals surface area contributed by atoms with Gasteiger partial charge in [0.1, 0.15) is 0 Å². The second kappa shape index (κ2) is 4.63. The van der Waals surface area contributed by atoms with E-state index in [2.05, 4.69) is 10.1 Å². The van der Waals surface area contributed by atoms with Crippen LogP contribution in [0.4, 0.5) is 5.95 Å². The van der Waals surface area contributed by atoms with Crippen LogP contribution in [0.1, 0.15) is 20.7 Å². The molecule has 6 nitrogen and oxygen atoms in total. The Balaban J connectivity index is 1.74. The van der Waals surface area contributed by atoms with Crippen LogP contribution in [0.5, 0.6) is 0 Å². The molecule has 3 aromatic rings. The molecule has 2 amide bonds. The zero-order valence-electron chi connectivity index (χ0n) is 11.3. The SMILES string of the molecule is O=C1c2ccccc2C(=O)N1c1noc(-c2ccccc2)n1. The highest BCUT2D eigenvalue weighted by Gasteiger charge is 2.39. The maximum atomic E-state index is 12.3. The van der Waals surface area contributed by atoms with Crippen LogP contribution in [-0.2, 0) is 0 Å². The number of hydrogen-bond acceptors (Lipinski definition) is 5. The normalized spacial score (nSPS) is 13.5. The highest BCUT2D eigenvalue weighted by atomic mass is 16.5. The number of hydrogen-bond donors (Lipinski definition) is 0. The lowest BCUT2D eigenvalue weighted by atomic mass is 10.1. The highest BCUT2D eigenvalue weighted by Crippen LogP contribution is 2.28. The third-order valence-corrected chi connectivity index (χ3v) is 3.43. The molecule has 1 aliphatic heterocycles. The van der Waals surface area contributed by atoms with Gasteiger partial charge in [-0.15, -0.1) is 0 Å². The molecule has 0 fully saturated rings. The van der Waals surface area contributed by atoms with Crippen LogP contribution in [0.25, 0.3) is 11.5 Å². The van der Waals surface area contributed by atoms with E-state index in [9.17, 15) is 9.59 Å². The third kappa shape index (κ3) is 1.74. The van der Waals surface area contributed by atoms with E-state index < -0.39 is 11.8 Å².